The Morgan fingerprint density at radius 1 is 1.04 bits per heavy atom. The van der Waals surface area contributed by atoms with E-state index in [0.29, 0.717) is 18.8 Å². The average Bonchev–Trinajstić information content (AvgIpc) is 2.64. The highest BCUT2D eigenvalue weighted by Gasteiger charge is 2.14. The molecule has 0 fully saturated rings. The van der Waals surface area contributed by atoms with E-state index in [2.05, 4.69) is 50.4 Å². The molecule has 0 spiro atoms. The highest BCUT2D eigenvalue weighted by molar-refractivity contribution is 5.90. The van der Waals surface area contributed by atoms with Crippen molar-refractivity contribution in [3.63, 3.8) is 0 Å². The molecule has 0 bridgehead atoms. The molecule has 0 atom stereocenters. The van der Waals surface area contributed by atoms with Crippen LogP contribution in [0.1, 0.15) is 39.2 Å². The summed E-state index contributed by atoms with van der Waals surface area (Å²) in [5.41, 5.74) is 3.18. The Kier molecular flexibility index (Phi) is 5.40. The number of nitrogens with one attached hydrogen (secondary N) is 1. The van der Waals surface area contributed by atoms with Crippen LogP contribution in [0, 0.1) is 0 Å². The summed E-state index contributed by atoms with van der Waals surface area (Å²) in [6.07, 6.45) is 0.681. The fourth-order valence-electron chi connectivity index (χ4n) is 2.91. The number of rotatable bonds is 6. The van der Waals surface area contributed by atoms with Gasteiger partial charge in [-0.05, 0) is 29.5 Å². The smallest absolute Gasteiger partial charge is 0.303 e. The molecule has 2 N–H and O–H groups in total. The first kappa shape index (κ1) is 18.8. The van der Waals surface area contributed by atoms with E-state index in [1.165, 1.54) is 5.56 Å². The van der Waals surface area contributed by atoms with Crippen LogP contribution in [0.2, 0.25) is 0 Å². The highest BCUT2D eigenvalue weighted by atomic mass is 16.4. The number of aliphatic carboxylic acids is 1. The SMILES string of the molecule is CC(C)(C)c1ccc(-c2nc(NCCCC(=O)O)c3ccccc3n2)cc1. The van der Waals surface area contributed by atoms with Gasteiger partial charge in [0, 0.05) is 23.9 Å². The van der Waals surface area contributed by atoms with E-state index < -0.39 is 5.97 Å². The first-order valence-corrected chi connectivity index (χ1v) is 9.18. The predicted octanol–water partition coefficient (Wildman–Crippen LogP) is 4.87. The van der Waals surface area contributed by atoms with E-state index in [0.717, 1.165) is 22.3 Å². The Morgan fingerprint density at radius 2 is 1.74 bits per heavy atom. The van der Waals surface area contributed by atoms with Gasteiger partial charge in [0.1, 0.15) is 5.82 Å². The second-order valence-electron chi connectivity index (χ2n) is 7.66. The van der Waals surface area contributed by atoms with E-state index >= 15 is 0 Å². The van der Waals surface area contributed by atoms with Gasteiger partial charge in [-0.3, -0.25) is 4.79 Å². The van der Waals surface area contributed by atoms with Crippen LogP contribution in [0.15, 0.2) is 48.5 Å². The number of hydrogen-bond acceptors (Lipinski definition) is 4. The van der Waals surface area contributed by atoms with Gasteiger partial charge in [0.05, 0.1) is 5.52 Å². The van der Waals surface area contributed by atoms with Gasteiger partial charge in [-0.15, -0.1) is 0 Å². The lowest BCUT2D eigenvalue weighted by Gasteiger charge is -2.19. The molecular weight excluding hydrogens is 338 g/mol. The molecule has 2 aromatic carbocycles. The first-order valence-electron chi connectivity index (χ1n) is 9.18. The predicted molar refractivity (Wildman–Crippen MR) is 109 cm³/mol. The lowest BCUT2D eigenvalue weighted by molar-refractivity contribution is -0.137. The third-order valence-corrected chi connectivity index (χ3v) is 4.47. The number of anilines is 1. The quantitative estimate of drug-likeness (QED) is 0.611. The largest absolute Gasteiger partial charge is 0.481 e. The van der Waals surface area contributed by atoms with E-state index in [9.17, 15) is 4.79 Å². The third kappa shape index (κ3) is 4.61. The van der Waals surface area contributed by atoms with Gasteiger partial charge in [-0.25, -0.2) is 9.97 Å². The lowest BCUT2D eigenvalue weighted by Crippen LogP contribution is -2.10. The average molecular weight is 363 g/mol. The maximum Gasteiger partial charge on any atom is 0.303 e. The van der Waals surface area contributed by atoms with E-state index in [1.54, 1.807) is 0 Å². The molecule has 1 aromatic heterocycles. The Balaban J connectivity index is 1.93. The molecule has 0 aliphatic rings. The molecule has 0 amide bonds. The first-order chi connectivity index (χ1) is 12.8. The molecule has 0 saturated heterocycles. The molecule has 0 aliphatic heterocycles. The van der Waals surface area contributed by atoms with Gasteiger partial charge < -0.3 is 10.4 Å². The summed E-state index contributed by atoms with van der Waals surface area (Å²) >= 11 is 0. The maximum absolute atomic E-state index is 10.7. The van der Waals surface area contributed by atoms with Gasteiger partial charge >= 0.3 is 5.97 Å². The summed E-state index contributed by atoms with van der Waals surface area (Å²) in [6.45, 7) is 7.12. The Hall–Kier alpha value is -2.95. The number of aromatic nitrogens is 2. The van der Waals surface area contributed by atoms with Crippen molar-refractivity contribution in [2.24, 2.45) is 0 Å². The molecule has 5 nitrogen and oxygen atoms in total. The van der Waals surface area contributed by atoms with E-state index in [4.69, 9.17) is 15.1 Å². The molecule has 0 unspecified atom stereocenters. The maximum atomic E-state index is 10.7. The number of nitrogens with zero attached hydrogens (tertiary/aromatic N) is 2. The summed E-state index contributed by atoms with van der Waals surface area (Å²) < 4.78 is 0. The van der Waals surface area contributed by atoms with Crippen molar-refractivity contribution in [3.8, 4) is 11.4 Å². The fourth-order valence-corrected chi connectivity index (χ4v) is 2.91. The number of carboxylic acid groups (broad SMARTS) is 1. The van der Waals surface area contributed by atoms with Crippen molar-refractivity contribution >= 4 is 22.7 Å². The van der Waals surface area contributed by atoms with Crippen molar-refractivity contribution in [1.82, 2.24) is 9.97 Å². The molecule has 27 heavy (non-hydrogen) atoms. The molecule has 140 valence electrons. The summed E-state index contributed by atoms with van der Waals surface area (Å²) in [5, 5.41) is 13.0. The number of benzene rings is 2. The van der Waals surface area contributed by atoms with Crippen LogP contribution in [0.25, 0.3) is 22.3 Å². The van der Waals surface area contributed by atoms with E-state index in [-0.39, 0.29) is 11.8 Å². The summed E-state index contributed by atoms with van der Waals surface area (Å²) in [4.78, 5) is 20.1. The second kappa shape index (κ2) is 7.74. The highest BCUT2D eigenvalue weighted by Crippen LogP contribution is 2.27. The van der Waals surface area contributed by atoms with Crippen LogP contribution >= 0.6 is 0 Å². The fraction of sp³-hybridized carbons (Fsp3) is 0.318. The zero-order valence-corrected chi connectivity index (χ0v) is 16.0. The summed E-state index contributed by atoms with van der Waals surface area (Å²) in [5.74, 6) is 0.611. The molecule has 1 heterocycles. The van der Waals surface area contributed by atoms with Crippen LogP contribution in [-0.2, 0) is 10.2 Å². The summed E-state index contributed by atoms with van der Waals surface area (Å²) in [6, 6.07) is 16.2. The van der Waals surface area contributed by atoms with Crippen LogP contribution in [0.4, 0.5) is 5.82 Å². The van der Waals surface area contributed by atoms with Crippen molar-refractivity contribution in [2.75, 3.05) is 11.9 Å². The molecule has 3 aromatic rings. The topological polar surface area (TPSA) is 75.1 Å². The Morgan fingerprint density at radius 3 is 2.41 bits per heavy atom. The van der Waals surface area contributed by atoms with Crippen LogP contribution in [0.5, 0.6) is 0 Å². The van der Waals surface area contributed by atoms with Crippen molar-refractivity contribution in [2.45, 2.75) is 39.0 Å². The van der Waals surface area contributed by atoms with Gasteiger partial charge in [0.25, 0.3) is 0 Å². The molecule has 3 rings (SSSR count). The number of carbonyl (C=O) groups is 1. The normalized spacial score (nSPS) is 11.5. The van der Waals surface area contributed by atoms with Crippen molar-refractivity contribution < 1.29 is 9.90 Å². The van der Waals surface area contributed by atoms with Gasteiger partial charge in [0.2, 0.25) is 0 Å². The minimum atomic E-state index is -0.788. The molecule has 0 aliphatic carbocycles. The zero-order chi connectivity index (χ0) is 19.4. The number of fused-ring (bicyclic) bond motifs is 1. The van der Waals surface area contributed by atoms with Crippen LogP contribution in [-0.4, -0.2) is 27.6 Å². The Labute approximate surface area is 159 Å². The van der Waals surface area contributed by atoms with Gasteiger partial charge in [-0.1, -0.05) is 57.2 Å². The zero-order valence-electron chi connectivity index (χ0n) is 16.0. The van der Waals surface area contributed by atoms with Crippen LogP contribution < -0.4 is 5.32 Å². The van der Waals surface area contributed by atoms with Crippen molar-refractivity contribution in [3.05, 3.63) is 54.1 Å². The molecule has 0 radical (unpaired) electrons. The van der Waals surface area contributed by atoms with Gasteiger partial charge in [-0.2, -0.15) is 0 Å². The lowest BCUT2D eigenvalue weighted by atomic mass is 9.87. The minimum absolute atomic E-state index is 0.0969. The number of hydrogen-bond donors (Lipinski definition) is 2. The monoisotopic (exact) mass is 363 g/mol. The second-order valence-corrected chi connectivity index (χ2v) is 7.66. The molecule has 0 saturated carbocycles. The molecule has 5 heteroatoms. The number of carboxylic acids is 1. The minimum Gasteiger partial charge on any atom is -0.481 e. The standard InChI is InChI=1S/C22H25N3O2/c1-22(2,3)16-12-10-15(11-13-16)20-24-18-8-5-4-7-17(18)21(25-20)23-14-6-9-19(26)27/h4-5,7-8,10-13H,6,9,14H2,1-3H3,(H,26,27)(H,23,24,25). The van der Waals surface area contributed by atoms with Crippen LogP contribution in [0.3, 0.4) is 0 Å². The van der Waals surface area contributed by atoms with Crippen molar-refractivity contribution in [1.29, 1.82) is 0 Å². The summed E-state index contributed by atoms with van der Waals surface area (Å²) in [7, 11) is 0. The Bertz CT molecular complexity index is 944. The third-order valence-electron chi connectivity index (χ3n) is 4.47. The number of para-hydroxylation sites is 1. The molecular formula is C22H25N3O2. The van der Waals surface area contributed by atoms with Gasteiger partial charge in [0.15, 0.2) is 5.82 Å². The van der Waals surface area contributed by atoms with E-state index in [1.807, 2.05) is 24.3 Å².